The van der Waals surface area contributed by atoms with Crippen molar-refractivity contribution in [2.24, 2.45) is 5.41 Å². The normalized spacial score (nSPS) is 25.6. The number of pyridine rings is 1. The summed E-state index contributed by atoms with van der Waals surface area (Å²) in [6.07, 6.45) is 1.66. The highest BCUT2D eigenvalue weighted by molar-refractivity contribution is 5.78. The van der Waals surface area contributed by atoms with Crippen molar-refractivity contribution in [1.82, 2.24) is 9.88 Å². The van der Waals surface area contributed by atoms with Crippen LogP contribution < -0.4 is 10.5 Å². The number of ether oxygens (including phenoxy) is 1. The van der Waals surface area contributed by atoms with Crippen LogP contribution in [-0.2, 0) is 11.3 Å². The second-order valence-electron chi connectivity index (χ2n) is 6.56. The van der Waals surface area contributed by atoms with Gasteiger partial charge in [0.15, 0.2) is 0 Å². The van der Waals surface area contributed by atoms with Gasteiger partial charge in [-0.1, -0.05) is 24.3 Å². The van der Waals surface area contributed by atoms with E-state index in [9.17, 15) is 9.90 Å². The van der Waals surface area contributed by atoms with Gasteiger partial charge in [-0.2, -0.15) is 0 Å². The van der Waals surface area contributed by atoms with E-state index in [0.717, 1.165) is 16.9 Å². The van der Waals surface area contributed by atoms with Gasteiger partial charge in [0.05, 0.1) is 0 Å². The molecule has 6 nitrogen and oxygen atoms in total. The van der Waals surface area contributed by atoms with E-state index in [1.807, 2.05) is 36.4 Å². The van der Waals surface area contributed by atoms with Gasteiger partial charge in [-0.05, 0) is 17.7 Å². The molecule has 0 amide bonds. The molecule has 0 unspecified atom stereocenters. The standard InChI is InChI=1S/C18H19N3O3/c19-16-12(4-3-7-20-16)8-21-9-14-13-5-1-2-6-15(13)24-11-18(14,10-21)17(22)23/h1-7,14H,8-11H2,(H2,19,20)(H,22,23)/t14-,18-/m1/s1. The number of hydrogen-bond acceptors (Lipinski definition) is 5. The lowest BCUT2D eigenvalue weighted by Gasteiger charge is -2.35. The van der Waals surface area contributed by atoms with Crippen LogP contribution >= 0.6 is 0 Å². The van der Waals surface area contributed by atoms with E-state index in [-0.39, 0.29) is 12.5 Å². The molecule has 0 radical (unpaired) electrons. The molecule has 2 atom stereocenters. The number of anilines is 1. The number of fused-ring (bicyclic) bond motifs is 3. The zero-order valence-electron chi connectivity index (χ0n) is 13.2. The molecule has 1 aromatic heterocycles. The van der Waals surface area contributed by atoms with Crippen LogP contribution in [0.4, 0.5) is 5.82 Å². The maximum absolute atomic E-state index is 12.1. The molecule has 0 saturated carbocycles. The molecule has 1 aromatic carbocycles. The zero-order valence-corrected chi connectivity index (χ0v) is 13.2. The summed E-state index contributed by atoms with van der Waals surface area (Å²) in [4.78, 5) is 18.3. The molecular weight excluding hydrogens is 306 g/mol. The van der Waals surface area contributed by atoms with Crippen LogP contribution in [-0.4, -0.2) is 40.7 Å². The van der Waals surface area contributed by atoms with E-state index in [4.69, 9.17) is 10.5 Å². The van der Waals surface area contributed by atoms with Gasteiger partial charge < -0.3 is 15.6 Å². The summed E-state index contributed by atoms with van der Waals surface area (Å²) in [5.74, 6) is 0.400. The average Bonchev–Trinajstić information content (AvgIpc) is 2.97. The molecule has 0 spiro atoms. The number of aliphatic carboxylic acids is 1. The molecule has 2 aliphatic rings. The Balaban J connectivity index is 1.67. The lowest BCUT2D eigenvalue weighted by molar-refractivity contribution is -0.151. The van der Waals surface area contributed by atoms with Gasteiger partial charge in [0.25, 0.3) is 0 Å². The highest BCUT2D eigenvalue weighted by Gasteiger charge is 2.56. The monoisotopic (exact) mass is 325 g/mol. The van der Waals surface area contributed by atoms with Crippen LogP contribution in [0.1, 0.15) is 17.0 Å². The van der Waals surface area contributed by atoms with Gasteiger partial charge in [-0.25, -0.2) is 4.98 Å². The first-order valence-electron chi connectivity index (χ1n) is 7.97. The van der Waals surface area contributed by atoms with Crippen molar-refractivity contribution in [3.63, 3.8) is 0 Å². The van der Waals surface area contributed by atoms with E-state index in [0.29, 0.717) is 25.5 Å². The number of carboxylic acid groups (broad SMARTS) is 1. The number of carboxylic acids is 1. The molecule has 1 saturated heterocycles. The second-order valence-corrected chi connectivity index (χ2v) is 6.56. The maximum atomic E-state index is 12.1. The summed E-state index contributed by atoms with van der Waals surface area (Å²) in [7, 11) is 0. The van der Waals surface area contributed by atoms with Crippen molar-refractivity contribution < 1.29 is 14.6 Å². The fourth-order valence-electron chi connectivity index (χ4n) is 3.88. The maximum Gasteiger partial charge on any atom is 0.315 e. The van der Waals surface area contributed by atoms with Crippen molar-refractivity contribution in [2.45, 2.75) is 12.5 Å². The lowest BCUT2D eigenvalue weighted by atomic mass is 9.73. The summed E-state index contributed by atoms with van der Waals surface area (Å²) in [5.41, 5.74) is 6.93. The number of hydrogen-bond donors (Lipinski definition) is 2. The van der Waals surface area contributed by atoms with Crippen molar-refractivity contribution >= 4 is 11.8 Å². The summed E-state index contributed by atoms with van der Waals surface area (Å²) in [6, 6.07) is 11.5. The fourth-order valence-corrected chi connectivity index (χ4v) is 3.88. The Labute approximate surface area is 139 Å². The van der Waals surface area contributed by atoms with Crippen LogP contribution in [0.15, 0.2) is 42.6 Å². The molecular formula is C18H19N3O3. The molecule has 24 heavy (non-hydrogen) atoms. The highest BCUT2D eigenvalue weighted by Crippen LogP contribution is 2.49. The molecule has 2 aromatic rings. The van der Waals surface area contributed by atoms with Crippen LogP contribution in [0.2, 0.25) is 0 Å². The number of benzene rings is 1. The third kappa shape index (κ3) is 2.22. The second kappa shape index (κ2) is 5.49. The van der Waals surface area contributed by atoms with Gasteiger partial charge in [0.1, 0.15) is 23.6 Å². The molecule has 3 heterocycles. The van der Waals surface area contributed by atoms with Crippen LogP contribution in [0.3, 0.4) is 0 Å². The summed E-state index contributed by atoms with van der Waals surface area (Å²) < 4.78 is 5.78. The van der Waals surface area contributed by atoms with E-state index in [1.54, 1.807) is 6.20 Å². The minimum Gasteiger partial charge on any atom is -0.492 e. The van der Waals surface area contributed by atoms with E-state index in [2.05, 4.69) is 9.88 Å². The van der Waals surface area contributed by atoms with Crippen LogP contribution in [0.5, 0.6) is 5.75 Å². The Morgan fingerprint density at radius 2 is 2.21 bits per heavy atom. The first-order valence-corrected chi connectivity index (χ1v) is 7.97. The molecule has 3 N–H and O–H groups in total. The molecule has 124 valence electrons. The van der Waals surface area contributed by atoms with Crippen molar-refractivity contribution in [3.8, 4) is 5.75 Å². The van der Waals surface area contributed by atoms with E-state index < -0.39 is 11.4 Å². The van der Waals surface area contributed by atoms with Crippen molar-refractivity contribution in [1.29, 1.82) is 0 Å². The number of nitrogens with two attached hydrogens (primary N) is 1. The number of carbonyl (C=O) groups is 1. The minimum absolute atomic E-state index is 0.0853. The Kier molecular flexibility index (Phi) is 3.42. The summed E-state index contributed by atoms with van der Waals surface area (Å²) in [6.45, 7) is 1.90. The minimum atomic E-state index is -0.911. The van der Waals surface area contributed by atoms with Crippen molar-refractivity contribution in [3.05, 3.63) is 53.7 Å². The summed E-state index contributed by atoms with van der Waals surface area (Å²) in [5, 5.41) is 9.92. The van der Waals surface area contributed by atoms with Gasteiger partial charge >= 0.3 is 5.97 Å². The number of rotatable bonds is 3. The fraction of sp³-hybridized carbons (Fsp3) is 0.333. The number of nitrogen functional groups attached to an aromatic ring is 1. The lowest BCUT2D eigenvalue weighted by Crippen LogP contribution is -2.45. The van der Waals surface area contributed by atoms with E-state index in [1.165, 1.54) is 0 Å². The smallest absolute Gasteiger partial charge is 0.315 e. The number of likely N-dealkylation sites (tertiary alicyclic amines) is 1. The Hall–Kier alpha value is -2.60. The Bertz CT molecular complexity index is 795. The Morgan fingerprint density at radius 1 is 1.38 bits per heavy atom. The quantitative estimate of drug-likeness (QED) is 0.893. The van der Waals surface area contributed by atoms with Crippen LogP contribution in [0.25, 0.3) is 0 Å². The number of nitrogens with zero attached hydrogens (tertiary/aromatic N) is 2. The molecule has 6 heteroatoms. The number of para-hydroxylation sites is 1. The first kappa shape index (κ1) is 15.0. The molecule has 4 rings (SSSR count). The third-order valence-electron chi connectivity index (χ3n) is 5.14. The van der Waals surface area contributed by atoms with Crippen LogP contribution in [0, 0.1) is 5.41 Å². The average molecular weight is 325 g/mol. The first-order chi connectivity index (χ1) is 11.6. The molecule has 0 aliphatic carbocycles. The predicted molar refractivity (Wildman–Crippen MR) is 88.7 cm³/mol. The van der Waals surface area contributed by atoms with Gasteiger partial charge in [0.2, 0.25) is 0 Å². The van der Waals surface area contributed by atoms with E-state index >= 15 is 0 Å². The van der Waals surface area contributed by atoms with Gasteiger partial charge in [-0.3, -0.25) is 9.69 Å². The molecule has 0 bridgehead atoms. The zero-order chi connectivity index (χ0) is 16.7. The number of aromatic nitrogens is 1. The molecule has 1 fully saturated rings. The third-order valence-corrected chi connectivity index (χ3v) is 5.14. The van der Waals surface area contributed by atoms with Gasteiger partial charge in [0, 0.05) is 37.3 Å². The molecule has 2 aliphatic heterocycles. The highest BCUT2D eigenvalue weighted by atomic mass is 16.5. The van der Waals surface area contributed by atoms with Crippen molar-refractivity contribution in [2.75, 3.05) is 25.4 Å². The largest absolute Gasteiger partial charge is 0.492 e. The Morgan fingerprint density at radius 3 is 3.00 bits per heavy atom. The topological polar surface area (TPSA) is 88.7 Å². The SMILES string of the molecule is Nc1ncccc1CN1C[C@@H]2c3ccccc3OC[C@]2(C(=O)O)C1. The summed E-state index contributed by atoms with van der Waals surface area (Å²) >= 11 is 0. The van der Waals surface area contributed by atoms with Gasteiger partial charge in [-0.15, -0.1) is 0 Å². The predicted octanol–water partition coefficient (Wildman–Crippen LogP) is 1.73.